The topological polar surface area (TPSA) is 39.4 Å². The van der Waals surface area contributed by atoms with Crippen molar-refractivity contribution in [1.29, 1.82) is 0 Å². The first-order valence-electron chi connectivity index (χ1n) is 6.01. The third kappa shape index (κ3) is 2.87. The van der Waals surface area contributed by atoms with Crippen LogP contribution in [0.1, 0.15) is 23.2 Å². The Morgan fingerprint density at radius 2 is 2.22 bits per heavy atom. The number of unbranched alkanes of at least 4 members (excludes halogenated alkanes) is 1. The summed E-state index contributed by atoms with van der Waals surface area (Å²) in [6.07, 6.45) is 5.14. The Kier molecular flexibility index (Phi) is 4.31. The van der Waals surface area contributed by atoms with E-state index in [4.69, 9.17) is 9.15 Å². The second-order valence-electron chi connectivity index (χ2n) is 4.05. The van der Waals surface area contributed by atoms with Crippen molar-refractivity contribution >= 4 is 16.8 Å². The van der Waals surface area contributed by atoms with Gasteiger partial charge in [0.05, 0.1) is 5.56 Å². The molecule has 94 valence electrons. The molecule has 0 unspecified atom stereocenters. The highest BCUT2D eigenvalue weighted by Gasteiger charge is 2.12. The van der Waals surface area contributed by atoms with E-state index in [1.807, 2.05) is 30.3 Å². The van der Waals surface area contributed by atoms with E-state index in [1.54, 1.807) is 0 Å². The van der Waals surface area contributed by atoms with Gasteiger partial charge in [0.1, 0.15) is 18.5 Å². The van der Waals surface area contributed by atoms with E-state index in [-0.39, 0.29) is 12.4 Å². The second-order valence-corrected chi connectivity index (χ2v) is 4.05. The lowest BCUT2D eigenvalue weighted by atomic mass is 10.1. The average Bonchev–Trinajstić information content (AvgIpc) is 2.82. The summed E-state index contributed by atoms with van der Waals surface area (Å²) in [6, 6.07) is 7.49. The molecule has 0 aliphatic heterocycles. The quantitative estimate of drug-likeness (QED) is 0.424. The number of furan rings is 1. The van der Waals surface area contributed by atoms with E-state index >= 15 is 0 Å². The van der Waals surface area contributed by atoms with Crippen LogP contribution in [0, 0.1) is 0 Å². The van der Waals surface area contributed by atoms with E-state index in [0.717, 1.165) is 23.8 Å². The predicted molar refractivity (Wildman–Crippen MR) is 70.8 cm³/mol. The molecule has 0 fully saturated rings. The van der Waals surface area contributed by atoms with Gasteiger partial charge in [-0.25, -0.2) is 0 Å². The Hall–Kier alpha value is -1.87. The number of carbonyl (C=O) groups is 1. The summed E-state index contributed by atoms with van der Waals surface area (Å²) in [5.41, 5.74) is 1.32. The maximum absolute atomic E-state index is 11.9. The van der Waals surface area contributed by atoms with Crippen LogP contribution in [0.15, 0.2) is 47.6 Å². The molecule has 2 rings (SSSR count). The van der Waals surface area contributed by atoms with Crippen LogP contribution in [0.25, 0.3) is 11.0 Å². The monoisotopic (exact) mass is 244 g/mol. The maximum Gasteiger partial charge on any atom is 0.192 e. The van der Waals surface area contributed by atoms with Crippen LogP contribution in [-0.4, -0.2) is 19.0 Å². The zero-order valence-electron chi connectivity index (χ0n) is 10.2. The molecule has 0 saturated carbocycles. The highest BCUT2D eigenvalue weighted by molar-refractivity contribution is 6.07. The van der Waals surface area contributed by atoms with Gasteiger partial charge in [-0.3, -0.25) is 4.79 Å². The van der Waals surface area contributed by atoms with Gasteiger partial charge in [0.25, 0.3) is 0 Å². The zero-order valence-corrected chi connectivity index (χ0v) is 10.2. The first-order chi connectivity index (χ1) is 8.83. The highest BCUT2D eigenvalue weighted by Crippen LogP contribution is 2.21. The summed E-state index contributed by atoms with van der Waals surface area (Å²) in [7, 11) is 0. The minimum atomic E-state index is -0.0430. The maximum atomic E-state index is 11.9. The SMILES string of the molecule is C=CCCCOCC(=O)c1coc2ccccc12. The molecule has 0 bridgehead atoms. The van der Waals surface area contributed by atoms with E-state index in [2.05, 4.69) is 6.58 Å². The lowest BCUT2D eigenvalue weighted by molar-refractivity contribution is 0.0757. The van der Waals surface area contributed by atoms with E-state index in [9.17, 15) is 4.79 Å². The summed E-state index contributed by atoms with van der Waals surface area (Å²) in [5, 5.41) is 0.845. The van der Waals surface area contributed by atoms with Crippen LogP contribution in [-0.2, 0) is 4.74 Å². The number of Topliss-reactive ketones (excluding diaryl/α,β-unsaturated/α-hetero) is 1. The zero-order chi connectivity index (χ0) is 12.8. The minimum Gasteiger partial charge on any atom is -0.464 e. The Bertz CT molecular complexity index is 539. The molecule has 3 heteroatoms. The Morgan fingerprint density at radius 3 is 3.06 bits per heavy atom. The summed E-state index contributed by atoms with van der Waals surface area (Å²) >= 11 is 0. The minimum absolute atomic E-state index is 0.0430. The fraction of sp³-hybridized carbons (Fsp3) is 0.267. The number of hydrogen-bond donors (Lipinski definition) is 0. The lowest BCUT2D eigenvalue weighted by Crippen LogP contribution is -2.09. The molecule has 0 N–H and O–H groups in total. The number of fused-ring (bicyclic) bond motifs is 1. The summed E-state index contributed by atoms with van der Waals surface area (Å²) in [5.74, 6) is -0.0430. The lowest BCUT2D eigenvalue weighted by Gasteiger charge is -2.01. The highest BCUT2D eigenvalue weighted by atomic mass is 16.5. The molecule has 0 aliphatic carbocycles. The van der Waals surface area contributed by atoms with Gasteiger partial charge in [-0.1, -0.05) is 24.3 Å². The summed E-state index contributed by atoms with van der Waals surface area (Å²) < 4.78 is 10.7. The van der Waals surface area contributed by atoms with Gasteiger partial charge in [-0.2, -0.15) is 0 Å². The third-order valence-electron chi connectivity index (χ3n) is 2.71. The van der Waals surface area contributed by atoms with Crippen molar-refractivity contribution in [1.82, 2.24) is 0 Å². The number of ketones is 1. The van der Waals surface area contributed by atoms with Gasteiger partial charge in [0.15, 0.2) is 5.78 Å². The Balaban J connectivity index is 1.94. The molecule has 0 saturated heterocycles. The fourth-order valence-corrected chi connectivity index (χ4v) is 1.77. The molecule has 1 aromatic heterocycles. The first kappa shape index (κ1) is 12.6. The summed E-state index contributed by atoms with van der Waals surface area (Å²) in [6.45, 7) is 4.31. The molecule has 1 aromatic carbocycles. The molecule has 0 aliphatic rings. The molecule has 1 heterocycles. The molecule has 0 atom stereocenters. The van der Waals surface area contributed by atoms with Crippen molar-refractivity contribution < 1.29 is 13.9 Å². The fourth-order valence-electron chi connectivity index (χ4n) is 1.77. The molecule has 18 heavy (non-hydrogen) atoms. The Morgan fingerprint density at radius 1 is 1.39 bits per heavy atom. The molecule has 0 amide bonds. The van der Waals surface area contributed by atoms with Gasteiger partial charge in [-0.05, 0) is 18.9 Å². The van der Waals surface area contributed by atoms with Crippen LogP contribution < -0.4 is 0 Å². The van der Waals surface area contributed by atoms with Gasteiger partial charge in [-0.15, -0.1) is 6.58 Å². The van der Waals surface area contributed by atoms with Crippen molar-refractivity contribution in [3.8, 4) is 0 Å². The number of allylic oxidation sites excluding steroid dienone is 1. The number of para-hydroxylation sites is 1. The number of benzene rings is 1. The van der Waals surface area contributed by atoms with Crippen molar-refractivity contribution in [2.24, 2.45) is 0 Å². The van der Waals surface area contributed by atoms with E-state index in [1.165, 1.54) is 6.26 Å². The standard InChI is InChI=1S/C15H16O3/c1-2-3-6-9-17-11-14(16)13-10-18-15-8-5-4-7-12(13)15/h2,4-5,7-8,10H,1,3,6,9,11H2. The van der Waals surface area contributed by atoms with Crippen LogP contribution in [0.3, 0.4) is 0 Å². The first-order valence-corrected chi connectivity index (χ1v) is 6.01. The Labute approximate surface area is 106 Å². The van der Waals surface area contributed by atoms with Crippen LogP contribution >= 0.6 is 0 Å². The van der Waals surface area contributed by atoms with E-state index in [0.29, 0.717) is 12.2 Å². The second kappa shape index (κ2) is 6.17. The number of ether oxygens (including phenoxy) is 1. The van der Waals surface area contributed by atoms with Gasteiger partial charge in [0, 0.05) is 12.0 Å². The smallest absolute Gasteiger partial charge is 0.192 e. The van der Waals surface area contributed by atoms with Gasteiger partial charge in [0.2, 0.25) is 0 Å². The number of rotatable bonds is 7. The largest absolute Gasteiger partial charge is 0.464 e. The van der Waals surface area contributed by atoms with Crippen LogP contribution in [0.2, 0.25) is 0 Å². The molecular formula is C15H16O3. The molecule has 3 nitrogen and oxygen atoms in total. The molecule has 0 spiro atoms. The summed E-state index contributed by atoms with van der Waals surface area (Å²) in [4.78, 5) is 11.9. The van der Waals surface area contributed by atoms with Gasteiger partial charge >= 0.3 is 0 Å². The number of hydrogen-bond acceptors (Lipinski definition) is 3. The number of carbonyl (C=O) groups excluding carboxylic acids is 1. The van der Waals surface area contributed by atoms with Crippen molar-refractivity contribution in [3.05, 3.63) is 48.7 Å². The van der Waals surface area contributed by atoms with E-state index < -0.39 is 0 Å². The normalized spacial score (nSPS) is 10.7. The molecular weight excluding hydrogens is 228 g/mol. The van der Waals surface area contributed by atoms with Crippen molar-refractivity contribution in [2.45, 2.75) is 12.8 Å². The predicted octanol–water partition coefficient (Wildman–Crippen LogP) is 3.60. The van der Waals surface area contributed by atoms with Crippen LogP contribution in [0.4, 0.5) is 0 Å². The van der Waals surface area contributed by atoms with Crippen LogP contribution in [0.5, 0.6) is 0 Å². The third-order valence-corrected chi connectivity index (χ3v) is 2.71. The van der Waals surface area contributed by atoms with Crippen molar-refractivity contribution in [3.63, 3.8) is 0 Å². The molecule has 0 radical (unpaired) electrons. The average molecular weight is 244 g/mol. The van der Waals surface area contributed by atoms with Gasteiger partial charge < -0.3 is 9.15 Å². The molecule has 2 aromatic rings. The van der Waals surface area contributed by atoms with Crippen molar-refractivity contribution in [2.75, 3.05) is 13.2 Å².